The molecule has 2 heterocycles. The number of methoxy groups -OCH3 is 2. The van der Waals surface area contributed by atoms with Crippen LogP contribution in [0, 0.1) is 6.92 Å². The Bertz CT molecular complexity index is 1510. The second-order valence-corrected chi connectivity index (χ2v) is 8.21. The second kappa shape index (κ2) is 8.76. The Kier molecular flexibility index (Phi) is 5.63. The Balaban J connectivity index is 1.53. The highest BCUT2D eigenvalue weighted by Gasteiger charge is 2.16. The predicted molar refractivity (Wildman–Crippen MR) is 134 cm³/mol. The summed E-state index contributed by atoms with van der Waals surface area (Å²) >= 11 is 6.21. The Morgan fingerprint density at radius 3 is 2.56 bits per heavy atom. The molecule has 5 aromatic rings. The summed E-state index contributed by atoms with van der Waals surface area (Å²) < 4.78 is 18.7. The average molecular weight is 475 g/mol. The molecule has 0 amide bonds. The molecule has 0 aliphatic rings. The van der Waals surface area contributed by atoms with Crippen molar-refractivity contribution in [2.24, 2.45) is 7.05 Å². The number of hydrogen-bond donors (Lipinski definition) is 1. The Labute approximate surface area is 201 Å². The van der Waals surface area contributed by atoms with Crippen LogP contribution in [0.25, 0.3) is 33.7 Å². The van der Waals surface area contributed by atoms with Crippen molar-refractivity contribution in [3.8, 4) is 34.2 Å². The minimum atomic E-state index is 0.560. The van der Waals surface area contributed by atoms with E-state index in [1.807, 2.05) is 68.6 Å². The first-order valence-electron chi connectivity index (χ1n) is 10.7. The topological polar surface area (TPSA) is 74.3 Å². The smallest absolute Gasteiger partial charge is 0.191 e. The summed E-state index contributed by atoms with van der Waals surface area (Å²) in [7, 11) is 5.23. The molecule has 34 heavy (non-hydrogen) atoms. The largest absolute Gasteiger partial charge is 0.496 e. The molecule has 0 aliphatic heterocycles. The van der Waals surface area contributed by atoms with E-state index in [9.17, 15) is 0 Å². The number of ether oxygens (including phenoxy) is 2. The summed E-state index contributed by atoms with van der Waals surface area (Å²) in [6, 6.07) is 17.5. The SMILES string of the molecule is COc1cc(-c2nc3c(Nc4ccc(-c5cnc(C)o5)c(OC)c4)cccc3n2C)ccc1Cl. The van der Waals surface area contributed by atoms with Crippen LogP contribution < -0.4 is 14.8 Å². The van der Waals surface area contributed by atoms with Gasteiger partial charge in [0.2, 0.25) is 0 Å². The minimum absolute atomic E-state index is 0.560. The van der Waals surface area contributed by atoms with E-state index in [4.69, 9.17) is 30.5 Å². The molecule has 7 nitrogen and oxygen atoms in total. The van der Waals surface area contributed by atoms with Crippen molar-refractivity contribution in [3.63, 3.8) is 0 Å². The number of rotatable bonds is 6. The summed E-state index contributed by atoms with van der Waals surface area (Å²) in [5.74, 6) is 3.38. The number of imidazole rings is 1. The van der Waals surface area contributed by atoms with Crippen molar-refractivity contribution in [1.82, 2.24) is 14.5 Å². The molecule has 0 atom stereocenters. The van der Waals surface area contributed by atoms with Crippen LogP contribution in [0.4, 0.5) is 11.4 Å². The molecular weight excluding hydrogens is 452 g/mol. The van der Waals surface area contributed by atoms with Gasteiger partial charge in [-0.25, -0.2) is 9.97 Å². The lowest BCUT2D eigenvalue weighted by Gasteiger charge is -2.11. The van der Waals surface area contributed by atoms with Gasteiger partial charge < -0.3 is 23.8 Å². The normalized spacial score (nSPS) is 11.1. The number of nitrogens with zero attached hydrogens (tertiary/aromatic N) is 3. The summed E-state index contributed by atoms with van der Waals surface area (Å²) in [6.07, 6.45) is 1.70. The van der Waals surface area contributed by atoms with Crippen molar-refractivity contribution in [1.29, 1.82) is 0 Å². The third-order valence-corrected chi connectivity index (χ3v) is 6.00. The number of anilines is 2. The van der Waals surface area contributed by atoms with Gasteiger partial charge in [-0.1, -0.05) is 17.7 Å². The maximum atomic E-state index is 6.21. The zero-order valence-electron chi connectivity index (χ0n) is 19.2. The van der Waals surface area contributed by atoms with Gasteiger partial charge in [0.05, 0.1) is 42.2 Å². The molecule has 5 rings (SSSR count). The molecule has 8 heteroatoms. The van der Waals surface area contributed by atoms with Gasteiger partial charge in [-0.3, -0.25) is 0 Å². The summed E-state index contributed by atoms with van der Waals surface area (Å²) in [4.78, 5) is 9.12. The van der Waals surface area contributed by atoms with E-state index >= 15 is 0 Å². The molecule has 1 N–H and O–H groups in total. The zero-order chi connectivity index (χ0) is 23.8. The van der Waals surface area contributed by atoms with Crippen molar-refractivity contribution < 1.29 is 13.9 Å². The van der Waals surface area contributed by atoms with Crippen molar-refractivity contribution in [3.05, 3.63) is 71.7 Å². The first-order chi connectivity index (χ1) is 16.5. The van der Waals surface area contributed by atoms with Crippen LogP contribution in [-0.4, -0.2) is 28.8 Å². The molecule has 2 aromatic heterocycles. The highest BCUT2D eigenvalue weighted by atomic mass is 35.5. The van der Waals surface area contributed by atoms with E-state index in [0.29, 0.717) is 28.2 Å². The maximum absolute atomic E-state index is 6.21. The number of oxazole rings is 1. The molecule has 172 valence electrons. The van der Waals surface area contributed by atoms with Crippen LogP contribution in [0.15, 0.2) is 65.2 Å². The monoisotopic (exact) mass is 474 g/mol. The van der Waals surface area contributed by atoms with E-state index in [1.54, 1.807) is 20.4 Å². The molecule has 0 bridgehead atoms. The summed E-state index contributed by atoms with van der Waals surface area (Å²) in [5.41, 5.74) is 5.34. The van der Waals surface area contributed by atoms with Crippen LogP contribution in [-0.2, 0) is 7.05 Å². The Morgan fingerprint density at radius 1 is 1.00 bits per heavy atom. The number of fused-ring (bicyclic) bond motifs is 1. The average Bonchev–Trinajstić information content (AvgIpc) is 3.43. The van der Waals surface area contributed by atoms with Crippen LogP contribution >= 0.6 is 11.6 Å². The van der Waals surface area contributed by atoms with Crippen molar-refractivity contribution >= 4 is 34.0 Å². The molecule has 0 unspecified atom stereocenters. The van der Waals surface area contributed by atoms with Crippen LogP contribution in [0.1, 0.15) is 5.89 Å². The lowest BCUT2D eigenvalue weighted by molar-refractivity contribution is 0.414. The van der Waals surface area contributed by atoms with Crippen LogP contribution in [0.2, 0.25) is 5.02 Å². The molecule has 3 aromatic carbocycles. The predicted octanol–water partition coefficient (Wildman–Crippen LogP) is 6.62. The Morgan fingerprint density at radius 2 is 1.82 bits per heavy atom. The molecule has 0 saturated carbocycles. The number of nitrogens with one attached hydrogen (secondary N) is 1. The molecule has 0 fully saturated rings. The standard InChI is InChI=1S/C26H23ClN4O3/c1-15-28-14-24(34-15)18-10-9-17(13-22(18)32-3)29-20-6-5-7-21-25(20)30-26(31(21)2)16-8-11-19(27)23(12-16)33-4/h5-14,29H,1-4H3. The number of para-hydroxylation sites is 1. The van der Waals surface area contributed by atoms with Gasteiger partial charge in [0.15, 0.2) is 11.7 Å². The third kappa shape index (κ3) is 3.84. The highest BCUT2D eigenvalue weighted by Crippen LogP contribution is 2.36. The molecule has 0 spiro atoms. The van der Waals surface area contributed by atoms with Crippen molar-refractivity contribution in [2.45, 2.75) is 6.92 Å². The van der Waals surface area contributed by atoms with Crippen molar-refractivity contribution in [2.75, 3.05) is 19.5 Å². The fraction of sp³-hybridized carbons (Fsp3) is 0.154. The van der Waals surface area contributed by atoms with Crippen LogP contribution in [0.5, 0.6) is 11.5 Å². The number of halogens is 1. The molecular formula is C26H23ClN4O3. The van der Waals surface area contributed by atoms with Crippen LogP contribution in [0.3, 0.4) is 0 Å². The quantitative estimate of drug-likeness (QED) is 0.298. The highest BCUT2D eigenvalue weighted by molar-refractivity contribution is 6.32. The lowest BCUT2D eigenvalue weighted by atomic mass is 10.1. The van der Waals surface area contributed by atoms with Gasteiger partial charge in [-0.15, -0.1) is 0 Å². The second-order valence-electron chi connectivity index (χ2n) is 7.80. The van der Waals surface area contributed by atoms with Gasteiger partial charge in [-0.2, -0.15) is 0 Å². The minimum Gasteiger partial charge on any atom is -0.496 e. The number of hydrogen-bond acceptors (Lipinski definition) is 6. The first-order valence-corrected chi connectivity index (χ1v) is 11.0. The van der Waals surface area contributed by atoms with E-state index in [2.05, 4.69) is 14.9 Å². The van der Waals surface area contributed by atoms with Gasteiger partial charge in [-0.05, 0) is 42.5 Å². The van der Waals surface area contributed by atoms with Gasteiger partial charge in [0.25, 0.3) is 0 Å². The number of aromatic nitrogens is 3. The number of aryl methyl sites for hydroxylation is 2. The fourth-order valence-corrected chi connectivity index (χ4v) is 4.18. The molecule has 0 radical (unpaired) electrons. The van der Waals surface area contributed by atoms with Gasteiger partial charge >= 0.3 is 0 Å². The molecule has 0 saturated heterocycles. The zero-order valence-corrected chi connectivity index (χ0v) is 20.0. The lowest BCUT2D eigenvalue weighted by Crippen LogP contribution is -1.94. The van der Waals surface area contributed by atoms with Gasteiger partial charge in [0, 0.05) is 31.3 Å². The fourth-order valence-electron chi connectivity index (χ4n) is 3.99. The van der Waals surface area contributed by atoms with Gasteiger partial charge in [0.1, 0.15) is 22.8 Å². The Hall–Kier alpha value is -3.97. The molecule has 0 aliphatic carbocycles. The van der Waals surface area contributed by atoms with E-state index < -0.39 is 0 Å². The summed E-state index contributed by atoms with van der Waals surface area (Å²) in [6.45, 7) is 1.81. The summed E-state index contributed by atoms with van der Waals surface area (Å²) in [5, 5.41) is 4.04. The van der Waals surface area contributed by atoms with E-state index in [-0.39, 0.29) is 0 Å². The van der Waals surface area contributed by atoms with E-state index in [1.165, 1.54) is 0 Å². The maximum Gasteiger partial charge on any atom is 0.191 e. The first kappa shape index (κ1) is 21.9. The van der Waals surface area contributed by atoms with E-state index in [0.717, 1.165) is 39.4 Å². The number of benzene rings is 3. The third-order valence-electron chi connectivity index (χ3n) is 5.69.